The standard InChI is InChI=1S/C29H34ClN3O5S/c1-21(28(35)31-29(2,3)4)32(19-22-10-9-11-23(30)18-22)27(34)20-33(24-12-7-6-8-13-24)39(36,37)26-16-14-25(38-5)15-17-26/h6-18,21H,19-20H2,1-5H3,(H,31,35)/t21-/m1/s1. The summed E-state index contributed by atoms with van der Waals surface area (Å²) in [6.45, 7) is 6.70. The van der Waals surface area contributed by atoms with Crippen LogP contribution in [-0.4, -0.2) is 50.4 Å². The first-order valence-electron chi connectivity index (χ1n) is 12.4. The predicted molar refractivity (Wildman–Crippen MR) is 153 cm³/mol. The molecule has 0 aliphatic rings. The monoisotopic (exact) mass is 571 g/mol. The number of benzene rings is 3. The van der Waals surface area contributed by atoms with Crippen LogP contribution in [0.15, 0.2) is 83.8 Å². The van der Waals surface area contributed by atoms with E-state index in [-0.39, 0.29) is 17.3 Å². The van der Waals surface area contributed by atoms with E-state index in [1.165, 1.54) is 24.1 Å². The molecular weight excluding hydrogens is 538 g/mol. The number of carbonyl (C=O) groups excluding carboxylic acids is 2. The molecule has 0 spiro atoms. The van der Waals surface area contributed by atoms with Crippen LogP contribution in [0, 0.1) is 0 Å². The minimum absolute atomic E-state index is 0.000122. The van der Waals surface area contributed by atoms with Gasteiger partial charge in [0.15, 0.2) is 0 Å². The van der Waals surface area contributed by atoms with Gasteiger partial charge in [-0.1, -0.05) is 41.9 Å². The van der Waals surface area contributed by atoms with Crippen molar-refractivity contribution in [3.63, 3.8) is 0 Å². The molecule has 0 aromatic heterocycles. The van der Waals surface area contributed by atoms with Crippen molar-refractivity contribution in [3.8, 4) is 5.75 Å². The lowest BCUT2D eigenvalue weighted by atomic mass is 10.1. The molecule has 1 atom stereocenters. The number of hydrogen-bond acceptors (Lipinski definition) is 5. The number of anilines is 1. The summed E-state index contributed by atoms with van der Waals surface area (Å²) in [5, 5.41) is 3.39. The maximum atomic E-state index is 13.9. The Morgan fingerprint density at radius 2 is 1.62 bits per heavy atom. The quantitative estimate of drug-likeness (QED) is 0.374. The van der Waals surface area contributed by atoms with Gasteiger partial charge < -0.3 is 15.0 Å². The van der Waals surface area contributed by atoms with E-state index in [1.54, 1.807) is 73.7 Å². The number of nitrogens with zero attached hydrogens (tertiary/aromatic N) is 2. The zero-order chi connectivity index (χ0) is 28.8. The van der Waals surface area contributed by atoms with E-state index in [0.29, 0.717) is 22.0 Å². The second-order valence-corrected chi connectivity index (χ2v) is 12.4. The Morgan fingerprint density at radius 3 is 2.18 bits per heavy atom. The molecule has 3 aromatic rings. The summed E-state index contributed by atoms with van der Waals surface area (Å²) in [5.74, 6) is -0.405. The highest BCUT2D eigenvalue weighted by molar-refractivity contribution is 7.92. The molecule has 0 radical (unpaired) electrons. The molecule has 0 aliphatic heterocycles. The lowest BCUT2D eigenvalue weighted by Crippen LogP contribution is -2.54. The van der Waals surface area contributed by atoms with Gasteiger partial charge in [-0.3, -0.25) is 13.9 Å². The second kappa shape index (κ2) is 12.5. The Balaban J connectivity index is 2.01. The highest BCUT2D eigenvalue weighted by Gasteiger charge is 2.33. The number of sulfonamides is 1. The zero-order valence-corrected chi connectivity index (χ0v) is 24.3. The Bertz CT molecular complexity index is 1390. The molecular formula is C29H34ClN3O5S. The minimum atomic E-state index is -4.15. The number of hydrogen-bond donors (Lipinski definition) is 1. The molecule has 0 aliphatic carbocycles. The van der Waals surface area contributed by atoms with Crippen LogP contribution in [0.25, 0.3) is 0 Å². The number of ether oxygens (including phenoxy) is 1. The lowest BCUT2D eigenvalue weighted by Gasteiger charge is -2.33. The molecule has 2 amide bonds. The van der Waals surface area contributed by atoms with Crippen molar-refractivity contribution >= 4 is 39.1 Å². The first-order valence-corrected chi connectivity index (χ1v) is 14.2. The Kier molecular flexibility index (Phi) is 9.63. The normalized spacial score (nSPS) is 12.4. The molecule has 0 bridgehead atoms. The third kappa shape index (κ3) is 7.97. The van der Waals surface area contributed by atoms with Crippen LogP contribution in [0.3, 0.4) is 0 Å². The number of nitrogens with one attached hydrogen (secondary N) is 1. The number of halogens is 1. The van der Waals surface area contributed by atoms with Crippen molar-refractivity contribution in [2.75, 3.05) is 18.0 Å². The molecule has 39 heavy (non-hydrogen) atoms. The number of para-hydroxylation sites is 1. The Labute approximate surface area is 235 Å². The van der Waals surface area contributed by atoms with E-state index in [0.717, 1.165) is 4.31 Å². The fourth-order valence-electron chi connectivity index (χ4n) is 3.89. The lowest BCUT2D eigenvalue weighted by molar-refractivity contribution is -0.140. The van der Waals surface area contributed by atoms with E-state index < -0.39 is 34.1 Å². The largest absolute Gasteiger partial charge is 0.497 e. The second-order valence-electron chi connectivity index (χ2n) is 10.1. The van der Waals surface area contributed by atoms with Gasteiger partial charge in [-0.2, -0.15) is 0 Å². The average molecular weight is 572 g/mol. The van der Waals surface area contributed by atoms with Crippen LogP contribution in [0.2, 0.25) is 5.02 Å². The third-order valence-electron chi connectivity index (χ3n) is 5.88. The van der Waals surface area contributed by atoms with Gasteiger partial charge in [-0.05, 0) is 81.8 Å². The van der Waals surface area contributed by atoms with Crippen LogP contribution >= 0.6 is 11.6 Å². The summed E-state index contributed by atoms with van der Waals surface area (Å²) in [5.41, 5.74) is 0.496. The van der Waals surface area contributed by atoms with E-state index in [4.69, 9.17) is 16.3 Å². The predicted octanol–water partition coefficient (Wildman–Crippen LogP) is 4.88. The molecule has 3 aromatic carbocycles. The number of carbonyl (C=O) groups is 2. The summed E-state index contributed by atoms with van der Waals surface area (Å²) in [4.78, 5) is 28.4. The van der Waals surface area contributed by atoms with Crippen LogP contribution < -0.4 is 14.4 Å². The zero-order valence-electron chi connectivity index (χ0n) is 22.7. The summed E-state index contributed by atoms with van der Waals surface area (Å²) in [6.07, 6.45) is 0. The van der Waals surface area contributed by atoms with Crippen LogP contribution in [0.5, 0.6) is 5.75 Å². The topological polar surface area (TPSA) is 96.0 Å². The van der Waals surface area contributed by atoms with Crippen LogP contribution in [-0.2, 0) is 26.2 Å². The Morgan fingerprint density at radius 1 is 0.974 bits per heavy atom. The van der Waals surface area contributed by atoms with Gasteiger partial charge in [0.25, 0.3) is 10.0 Å². The third-order valence-corrected chi connectivity index (χ3v) is 7.90. The molecule has 1 N–H and O–H groups in total. The average Bonchev–Trinajstić information content (AvgIpc) is 2.89. The van der Waals surface area contributed by atoms with Crippen molar-refractivity contribution in [1.29, 1.82) is 0 Å². The van der Waals surface area contributed by atoms with E-state index in [2.05, 4.69) is 5.32 Å². The first-order chi connectivity index (χ1) is 18.3. The maximum Gasteiger partial charge on any atom is 0.264 e. The van der Waals surface area contributed by atoms with Crippen molar-refractivity contribution in [2.45, 2.75) is 50.7 Å². The van der Waals surface area contributed by atoms with Gasteiger partial charge in [0.2, 0.25) is 11.8 Å². The van der Waals surface area contributed by atoms with Gasteiger partial charge in [0.05, 0.1) is 17.7 Å². The summed E-state index contributed by atoms with van der Waals surface area (Å²) >= 11 is 6.17. The van der Waals surface area contributed by atoms with Gasteiger partial charge in [0, 0.05) is 17.1 Å². The minimum Gasteiger partial charge on any atom is -0.497 e. The van der Waals surface area contributed by atoms with Crippen molar-refractivity contribution in [3.05, 3.63) is 89.4 Å². The van der Waals surface area contributed by atoms with Crippen molar-refractivity contribution in [2.24, 2.45) is 0 Å². The fourth-order valence-corrected chi connectivity index (χ4v) is 5.51. The molecule has 8 nitrogen and oxygen atoms in total. The van der Waals surface area contributed by atoms with E-state index >= 15 is 0 Å². The fraction of sp³-hybridized carbons (Fsp3) is 0.310. The highest BCUT2D eigenvalue weighted by Crippen LogP contribution is 2.26. The molecule has 0 unspecified atom stereocenters. The molecule has 208 valence electrons. The summed E-state index contributed by atoms with van der Waals surface area (Å²) in [6, 6.07) is 20.4. The molecule has 0 heterocycles. The van der Waals surface area contributed by atoms with E-state index in [1.807, 2.05) is 20.8 Å². The SMILES string of the molecule is COc1ccc(S(=O)(=O)N(CC(=O)N(Cc2cccc(Cl)c2)[C@H](C)C(=O)NC(C)(C)C)c2ccccc2)cc1. The van der Waals surface area contributed by atoms with Crippen LogP contribution in [0.1, 0.15) is 33.3 Å². The van der Waals surface area contributed by atoms with Crippen molar-refractivity contribution in [1.82, 2.24) is 10.2 Å². The molecule has 0 saturated carbocycles. The summed E-state index contributed by atoms with van der Waals surface area (Å²) < 4.78 is 33.8. The summed E-state index contributed by atoms with van der Waals surface area (Å²) in [7, 11) is -2.66. The van der Waals surface area contributed by atoms with Crippen molar-refractivity contribution < 1.29 is 22.7 Å². The van der Waals surface area contributed by atoms with Gasteiger partial charge >= 0.3 is 0 Å². The van der Waals surface area contributed by atoms with Gasteiger partial charge in [-0.25, -0.2) is 8.42 Å². The number of amides is 2. The molecule has 0 fully saturated rings. The first kappa shape index (κ1) is 30.0. The number of methoxy groups -OCH3 is 1. The van der Waals surface area contributed by atoms with E-state index in [9.17, 15) is 18.0 Å². The highest BCUT2D eigenvalue weighted by atomic mass is 35.5. The van der Waals surface area contributed by atoms with Gasteiger partial charge in [0.1, 0.15) is 18.3 Å². The van der Waals surface area contributed by atoms with Gasteiger partial charge in [-0.15, -0.1) is 0 Å². The molecule has 0 saturated heterocycles. The Hall–Kier alpha value is -3.56. The number of rotatable bonds is 10. The molecule has 3 rings (SSSR count). The maximum absolute atomic E-state index is 13.9. The smallest absolute Gasteiger partial charge is 0.264 e. The van der Waals surface area contributed by atoms with Crippen LogP contribution in [0.4, 0.5) is 5.69 Å². The molecule has 10 heteroatoms.